The van der Waals surface area contributed by atoms with Gasteiger partial charge < -0.3 is 9.47 Å². The molecule has 3 heterocycles. The Morgan fingerprint density at radius 2 is 1.88 bits per heavy atom. The number of nitrogens with zero attached hydrogens (tertiary/aromatic N) is 3. The Bertz CT molecular complexity index is 1360. The van der Waals surface area contributed by atoms with Crippen LogP contribution >= 0.6 is 24.0 Å². The molecule has 1 amide bonds. The lowest BCUT2D eigenvalue weighted by Gasteiger charge is -2.14. The lowest BCUT2D eigenvalue weighted by atomic mass is 10.1. The van der Waals surface area contributed by atoms with E-state index in [2.05, 4.69) is 4.98 Å². The quantitative estimate of drug-likeness (QED) is 0.385. The van der Waals surface area contributed by atoms with Crippen molar-refractivity contribution in [2.75, 3.05) is 20.3 Å². The molecule has 0 N–H and O–H groups in total. The SMILES string of the molecule is COCCN1C(=O)/C(=C\c2c(Oc3cccc(C)c3C)nc3c(C)cccn3c2=O)SC1=S. The molecule has 0 saturated carbocycles. The van der Waals surface area contributed by atoms with Crippen molar-refractivity contribution in [3.8, 4) is 11.6 Å². The second-order valence-electron chi connectivity index (χ2n) is 7.65. The smallest absolute Gasteiger partial charge is 0.269 e. The van der Waals surface area contributed by atoms with Crippen LogP contribution < -0.4 is 10.3 Å². The molecular weight excluding hydrogens is 458 g/mol. The van der Waals surface area contributed by atoms with E-state index in [1.807, 2.05) is 45.0 Å². The van der Waals surface area contributed by atoms with E-state index in [4.69, 9.17) is 21.7 Å². The summed E-state index contributed by atoms with van der Waals surface area (Å²) in [4.78, 5) is 32.9. The van der Waals surface area contributed by atoms with Gasteiger partial charge in [-0.05, 0) is 55.7 Å². The highest BCUT2D eigenvalue weighted by Gasteiger charge is 2.32. The molecule has 33 heavy (non-hydrogen) atoms. The average Bonchev–Trinajstić information content (AvgIpc) is 3.05. The highest BCUT2D eigenvalue weighted by Crippen LogP contribution is 2.34. The zero-order valence-corrected chi connectivity index (χ0v) is 20.4. The van der Waals surface area contributed by atoms with Crippen LogP contribution in [-0.2, 0) is 9.53 Å². The molecule has 0 spiro atoms. The largest absolute Gasteiger partial charge is 0.438 e. The van der Waals surface area contributed by atoms with Crippen molar-refractivity contribution < 1.29 is 14.3 Å². The number of aromatic nitrogens is 2. The summed E-state index contributed by atoms with van der Waals surface area (Å²) in [5, 5.41) is 0. The van der Waals surface area contributed by atoms with Crippen LogP contribution in [0.2, 0.25) is 0 Å². The van der Waals surface area contributed by atoms with E-state index in [9.17, 15) is 9.59 Å². The molecular formula is C24H23N3O4S2. The summed E-state index contributed by atoms with van der Waals surface area (Å²) in [7, 11) is 1.56. The topological polar surface area (TPSA) is 73.1 Å². The predicted molar refractivity (Wildman–Crippen MR) is 134 cm³/mol. The van der Waals surface area contributed by atoms with Crippen LogP contribution in [0, 0.1) is 20.8 Å². The van der Waals surface area contributed by atoms with Crippen molar-refractivity contribution in [1.82, 2.24) is 14.3 Å². The van der Waals surface area contributed by atoms with Gasteiger partial charge >= 0.3 is 0 Å². The number of aryl methyl sites for hydroxylation is 2. The number of hydrogen-bond acceptors (Lipinski definition) is 7. The first-order valence-corrected chi connectivity index (χ1v) is 11.5. The van der Waals surface area contributed by atoms with Crippen LogP contribution in [0.1, 0.15) is 22.3 Å². The minimum absolute atomic E-state index is 0.144. The number of benzene rings is 1. The van der Waals surface area contributed by atoms with Gasteiger partial charge in [-0.2, -0.15) is 4.98 Å². The van der Waals surface area contributed by atoms with Crippen molar-refractivity contribution in [2.45, 2.75) is 20.8 Å². The van der Waals surface area contributed by atoms with E-state index >= 15 is 0 Å². The third-order valence-electron chi connectivity index (χ3n) is 5.48. The van der Waals surface area contributed by atoms with E-state index in [1.165, 1.54) is 15.4 Å². The number of thioether (sulfide) groups is 1. The molecule has 0 bridgehead atoms. The van der Waals surface area contributed by atoms with Crippen molar-refractivity contribution in [3.63, 3.8) is 0 Å². The van der Waals surface area contributed by atoms with Crippen molar-refractivity contribution in [3.05, 3.63) is 74.0 Å². The molecule has 2 aromatic heterocycles. The third-order valence-corrected chi connectivity index (χ3v) is 6.86. The molecule has 0 unspecified atom stereocenters. The zero-order chi connectivity index (χ0) is 23.7. The Labute approximate surface area is 201 Å². The van der Waals surface area contributed by atoms with Gasteiger partial charge in [-0.15, -0.1) is 0 Å². The Hall–Kier alpha value is -3.01. The highest BCUT2D eigenvalue weighted by atomic mass is 32.2. The summed E-state index contributed by atoms with van der Waals surface area (Å²) in [5.74, 6) is 0.473. The van der Waals surface area contributed by atoms with Gasteiger partial charge in [-0.1, -0.05) is 42.2 Å². The number of pyridine rings is 1. The Morgan fingerprint density at radius 3 is 2.64 bits per heavy atom. The third kappa shape index (κ3) is 4.44. The molecule has 9 heteroatoms. The number of hydrogen-bond donors (Lipinski definition) is 0. The second-order valence-corrected chi connectivity index (χ2v) is 9.32. The minimum atomic E-state index is -0.328. The number of carbonyl (C=O) groups is 1. The zero-order valence-electron chi connectivity index (χ0n) is 18.7. The van der Waals surface area contributed by atoms with Gasteiger partial charge in [-0.25, -0.2) is 0 Å². The molecule has 0 atom stereocenters. The normalized spacial score (nSPS) is 15.2. The van der Waals surface area contributed by atoms with Crippen LogP contribution in [0.3, 0.4) is 0 Å². The van der Waals surface area contributed by atoms with Gasteiger partial charge in [0.05, 0.1) is 18.1 Å². The van der Waals surface area contributed by atoms with Crippen LogP contribution in [0.25, 0.3) is 11.7 Å². The summed E-state index contributed by atoms with van der Waals surface area (Å²) in [6, 6.07) is 9.37. The first-order chi connectivity index (χ1) is 15.8. The number of thiocarbonyl (C=S) groups is 1. The number of rotatable bonds is 6. The fourth-order valence-corrected chi connectivity index (χ4v) is 4.73. The Morgan fingerprint density at radius 1 is 1.12 bits per heavy atom. The van der Waals surface area contributed by atoms with Crippen molar-refractivity contribution in [2.24, 2.45) is 0 Å². The van der Waals surface area contributed by atoms with E-state index < -0.39 is 0 Å². The first-order valence-electron chi connectivity index (χ1n) is 10.3. The maximum Gasteiger partial charge on any atom is 0.269 e. The molecule has 1 fully saturated rings. The van der Waals surface area contributed by atoms with Crippen LogP contribution in [0.4, 0.5) is 0 Å². The maximum atomic E-state index is 13.5. The molecule has 7 nitrogen and oxygen atoms in total. The van der Waals surface area contributed by atoms with Gasteiger partial charge in [-0.3, -0.25) is 18.9 Å². The lowest BCUT2D eigenvalue weighted by molar-refractivity contribution is -0.122. The molecule has 4 rings (SSSR count). The van der Waals surface area contributed by atoms with Crippen LogP contribution in [0.15, 0.2) is 46.2 Å². The van der Waals surface area contributed by atoms with Crippen LogP contribution in [-0.4, -0.2) is 44.8 Å². The van der Waals surface area contributed by atoms with E-state index in [0.29, 0.717) is 33.8 Å². The highest BCUT2D eigenvalue weighted by molar-refractivity contribution is 8.26. The van der Waals surface area contributed by atoms with E-state index in [0.717, 1.165) is 28.5 Å². The lowest BCUT2D eigenvalue weighted by Crippen LogP contribution is -2.31. The number of methoxy groups -OCH3 is 1. The first kappa shape index (κ1) is 23.2. The summed E-state index contributed by atoms with van der Waals surface area (Å²) in [6.45, 7) is 6.52. The fraction of sp³-hybridized carbons (Fsp3) is 0.250. The van der Waals surface area contributed by atoms with Gasteiger partial charge in [0.15, 0.2) is 0 Å². The predicted octanol–water partition coefficient (Wildman–Crippen LogP) is 4.26. The Kier molecular flexibility index (Phi) is 6.64. The Balaban J connectivity index is 1.87. The number of carbonyl (C=O) groups excluding carboxylic acids is 1. The molecule has 0 radical (unpaired) electrons. The number of fused-ring (bicyclic) bond motifs is 1. The monoisotopic (exact) mass is 481 g/mol. The summed E-state index contributed by atoms with van der Waals surface area (Å²) in [5.41, 5.74) is 3.19. The molecule has 0 aliphatic carbocycles. The van der Waals surface area contributed by atoms with Gasteiger partial charge in [0, 0.05) is 13.3 Å². The average molecular weight is 482 g/mol. The van der Waals surface area contributed by atoms with E-state index in [-0.39, 0.29) is 22.9 Å². The van der Waals surface area contributed by atoms with E-state index in [1.54, 1.807) is 19.4 Å². The maximum absolute atomic E-state index is 13.5. The second kappa shape index (κ2) is 9.46. The molecule has 1 saturated heterocycles. The molecule has 170 valence electrons. The van der Waals surface area contributed by atoms with Crippen LogP contribution in [0.5, 0.6) is 11.6 Å². The summed E-state index contributed by atoms with van der Waals surface area (Å²) >= 11 is 6.51. The van der Waals surface area contributed by atoms with Gasteiger partial charge in [0.1, 0.15) is 21.3 Å². The number of amides is 1. The molecule has 1 aliphatic rings. The standard InChI is InChI=1S/C24H23N3O4S2/c1-14-7-5-9-18(16(14)3)31-21-17(22(28)26-10-6-8-15(2)20(26)25-21)13-19-23(29)27(11-12-30-4)24(32)33-19/h5-10,13H,11-12H2,1-4H3/b19-13+. The molecule has 1 aliphatic heterocycles. The van der Waals surface area contributed by atoms with Crippen molar-refractivity contribution in [1.29, 1.82) is 0 Å². The minimum Gasteiger partial charge on any atom is -0.438 e. The summed E-state index contributed by atoms with van der Waals surface area (Å²) in [6.07, 6.45) is 3.18. The van der Waals surface area contributed by atoms with Gasteiger partial charge in [0.2, 0.25) is 5.88 Å². The van der Waals surface area contributed by atoms with Crippen molar-refractivity contribution >= 4 is 45.9 Å². The molecule has 3 aromatic rings. The fourth-order valence-electron chi connectivity index (χ4n) is 3.44. The number of ether oxygens (including phenoxy) is 2. The van der Waals surface area contributed by atoms with Gasteiger partial charge in [0.25, 0.3) is 11.5 Å². The molecule has 1 aromatic carbocycles. The summed E-state index contributed by atoms with van der Waals surface area (Å²) < 4.78 is 13.1.